The van der Waals surface area contributed by atoms with Gasteiger partial charge in [-0.3, -0.25) is 9.47 Å². The number of nitrogens with zero attached hydrogens (tertiary/aromatic N) is 5. The van der Waals surface area contributed by atoms with Gasteiger partial charge in [0, 0.05) is 62.4 Å². The van der Waals surface area contributed by atoms with Gasteiger partial charge in [0.1, 0.15) is 0 Å². The number of imidazole rings is 1. The second kappa shape index (κ2) is 9.30. The van der Waals surface area contributed by atoms with Gasteiger partial charge in [-0.15, -0.1) is 0 Å². The molecule has 11 heteroatoms. The molecule has 0 bridgehead atoms. The molecule has 2 atom stereocenters. The highest BCUT2D eigenvalue weighted by Gasteiger charge is 2.36. The lowest BCUT2D eigenvalue weighted by molar-refractivity contribution is -0.0458. The SMILES string of the molecule is CC1CN(S(=O)(=O)N2CCN(Cn3ccn(-c4cccc(Cl)c4)c3=S)CC2)CC(C)O1. The third-order valence-corrected chi connectivity index (χ3v) is 8.29. The molecular weight excluding hydrogens is 458 g/mol. The molecule has 170 valence electrons. The molecule has 2 unspecified atom stereocenters. The average Bonchev–Trinajstić information content (AvgIpc) is 3.08. The number of piperazine rings is 1. The number of ether oxygens (including phenoxy) is 1. The molecule has 0 amide bonds. The van der Waals surface area contributed by atoms with E-state index in [1.54, 1.807) is 8.61 Å². The summed E-state index contributed by atoms with van der Waals surface area (Å²) >= 11 is 11.7. The summed E-state index contributed by atoms with van der Waals surface area (Å²) in [6.07, 6.45) is 3.69. The molecule has 2 aliphatic heterocycles. The summed E-state index contributed by atoms with van der Waals surface area (Å²) in [5.74, 6) is 0. The second-order valence-electron chi connectivity index (χ2n) is 8.14. The monoisotopic (exact) mass is 485 g/mol. The van der Waals surface area contributed by atoms with Crippen LogP contribution in [0.3, 0.4) is 0 Å². The van der Waals surface area contributed by atoms with E-state index in [1.807, 2.05) is 59.6 Å². The molecule has 2 aromatic rings. The van der Waals surface area contributed by atoms with Crippen molar-refractivity contribution in [3.8, 4) is 5.69 Å². The zero-order valence-corrected chi connectivity index (χ0v) is 20.1. The highest BCUT2D eigenvalue weighted by atomic mass is 35.5. The normalized spacial score (nSPS) is 24.5. The van der Waals surface area contributed by atoms with Crippen molar-refractivity contribution in [2.75, 3.05) is 39.3 Å². The van der Waals surface area contributed by atoms with Crippen LogP contribution in [-0.4, -0.2) is 82.5 Å². The zero-order valence-electron chi connectivity index (χ0n) is 17.7. The van der Waals surface area contributed by atoms with Crippen LogP contribution in [0.1, 0.15) is 13.8 Å². The summed E-state index contributed by atoms with van der Waals surface area (Å²) in [6.45, 7) is 7.47. The lowest BCUT2D eigenvalue weighted by Crippen LogP contribution is -2.57. The van der Waals surface area contributed by atoms with Crippen molar-refractivity contribution in [2.45, 2.75) is 32.7 Å². The largest absolute Gasteiger partial charge is 0.373 e. The van der Waals surface area contributed by atoms with Crippen molar-refractivity contribution in [3.63, 3.8) is 0 Å². The fourth-order valence-electron chi connectivity index (χ4n) is 4.14. The Morgan fingerprint density at radius 2 is 1.74 bits per heavy atom. The first kappa shape index (κ1) is 22.9. The van der Waals surface area contributed by atoms with Crippen LogP contribution in [0.2, 0.25) is 5.02 Å². The van der Waals surface area contributed by atoms with Crippen molar-refractivity contribution in [1.82, 2.24) is 22.6 Å². The van der Waals surface area contributed by atoms with Gasteiger partial charge in [-0.25, -0.2) is 0 Å². The van der Waals surface area contributed by atoms with Crippen LogP contribution in [0.5, 0.6) is 0 Å². The van der Waals surface area contributed by atoms with E-state index in [9.17, 15) is 8.42 Å². The number of halogens is 1. The number of hydrogen-bond donors (Lipinski definition) is 0. The minimum absolute atomic E-state index is 0.0924. The lowest BCUT2D eigenvalue weighted by Gasteiger charge is -2.40. The van der Waals surface area contributed by atoms with Crippen LogP contribution in [0.25, 0.3) is 5.69 Å². The maximum absolute atomic E-state index is 13.1. The van der Waals surface area contributed by atoms with E-state index in [1.165, 1.54) is 0 Å². The quantitative estimate of drug-likeness (QED) is 0.609. The number of rotatable bonds is 5. The number of aromatic nitrogens is 2. The van der Waals surface area contributed by atoms with E-state index in [4.69, 9.17) is 28.6 Å². The number of hydrogen-bond acceptors (Lipinski definition) is 5. The highest BCUT2D eigenvalue weighted by molar-refractivity contribution is 7.86. The van der Waals surface area contributed by atoms with Gasteiger partial charge in [-0.05, 0) is 44.3 Å². The fourth-order valence-corrected chi connectivity index (χ4v) is 6.36. The molecule has 2 saturated heterocycles. The van der Waals surface area contributed by atoms with Crippen molar-refractivity contribution in [3.05, 3.63) is 46.5 Å². The second-order valence-corrected chi connectivity index (χ2v) is 10.9. The smallest absolute Gasteiger partial charge is 0.282 e. The van der Waals surface area contributed by atoms with Crippen LogP contribution in [0, 0.1) is 4.77 Å². The Bertz CT molecular complexity index is 1070. The van der Waals surface area contributed by atoms with E-state index in [0.717, 1.165) is 5.69 Å². The van der Waals surface area contributed by atoms with E-state index >= 15 is 0 Å². The third-order valence-electron chi connectivity index (χ3n) is 5.66. The lowest BCUT2D eigenvalue weighted by atomic mass is 10.3. The molecule has 4 rings (SSSR count). The van der Waals surface area contributed by atoms with Crippen molar-refractivity contribution in [2.24, 2.45) is 0 Å². The standard InChI is InChI=1S/C20H28ClN5O3S2/c1-16-13-25(14-17(2)29-16)31(27,28)24-9-6-22(7-10-24)15-23-8-11-26(20(23)30)19-5-3-4-18(21)12-19/h3-5,8,11-12,16-17H,6-7,9-10,13-15H2,1-2H3. The maximum Gasteiger partial charge on any atom is 0.282 e. The molecule has 3 heterocycles. The van der Waals surface area contributed by atoms with Gasteiger partial charge in [0.15, 0.2) is 4.77 Å². The molecule has 2 aliphatic rings. The third kappa shape index (κ3) is 5.05. The summed E-state index contributed by atoms with van der Waals surface area (Å²) in [6, 6.07) is 7.56. The van der Waals surface area contributed by atoms with Crippen LogP contribution >= 0.6 is 23.8 Å². The number of morpholine rings is 1. The van der Waals surface area contributed by atoms with Gasteiger partial charge in [-0.2, -0.15) is 17.0 Å². The van der Waals surface area contributed by atoms with Crippen molar-refractivity contribution >= 4 is 34.0 Å². The van der Waals surface area contributed by atoms with E-state index < -0.39 is 10.2 Å². The van der Waals surface area contributed by atoms with Crippen LogP contribution in [0.15, 0.2) is 36.7 Å². The minimum Gasteiger partial charge on any atom is -0.373 e. The van der Waals surface area contributed by atoms with Gasteiger partial charge in [0.05, 0.1) is 18.9 Å². The van der Waals surface area contributed by atoms with Gasteiger partial charge >= 0.3 is 0 Å². The van der Waals surface area contributed by atoms with E-state index in [2.05, 4.69) is 4.90 Å². The molecule has 0 radical (unpaired) electrons. The van der Waals surface area contributed by atoms with Gasteiger partial charge in [0.25, 0.3) is 10.2 Å². The Balaban J connectivity index is 1.38. The first-order valence-electron chi connectivity index (χ1n) is 10.4. The van der Waals surface area contributed by atoms with Crippen LogP contribution in [0.4, 0.5) is 0 Å². The Morgan fingerprint density at radius 1 is 1.06 bits per heavy atom. The zero-order chi connectivity index (χ0) is 22.2. The number of benzene rings is 1. The Kier molecular flexibility index (Phi) is 6.87. The van der Waals surface area contributed by atoms with Gasteiger partial charge in [-0.1, -0.05) is 17.7 Å². The molecule has 2 fully saturated rings. The summed E-state index contributed by atoms with van der Waals surface area (Å²) in [7, 11) is -3.48. The molecule has 31 heavy (non-hydrogen) atoms. The van der Waals surface area contributed by atoms with E-state index in [-0.39, 0.29) is 12.2 Å². The molecule has 0 saturated carbocycles. The topological polar surface area (TPSA) is 63.0 Å². The van der Waals surface area contributed by atoms with Gasteiger partial charge < -0.3 is 9.30 Å². The maximum atomic E-state index is 13.1. The molecule has 1 aromatic carbocycles. The average molecular weight is 486 g/mol. The van der Waals surface area contributed by atoms with E-state index in [0.29, 0.717) is 55.7 Å². The Labute approximate surface area is 193 Å². The molecule has 0 spiro atoms. The molecule has 8 nitrogen and oxygen atoms in total. The molecular formula is C20H28ClN5O3S2. The van der Waals surface area contributed by atoms with Crippen molar-refractivity contribution < 1.29 is 13.2 Å². The minimum atomic E-state index is -3.48. The highest BCUT2D eigenvalue weighted by Crippen LogP contribution is 2.20. The molecule has 1 aromatic heterocycles. The van der Waals surface area contributed by atoms with Crippen molar-refractivity contribution in [1.29, 1.82) is 0 Å². The van der Waals surface area contributed by atoms with Crippen LogP contribution < -0.4 is 0 Å². The Hall–Kier alpha value is -1.27. The van der Waals surface area contributed by atoms with Gasteiger partial charge in [0.2, 0.25) is 0 Å². The Morgan fingerprint density at radius 3 is 2.39 bits per heavy atom. The summed E-state index contributed by atoms with van der Waals surface area (Å²) in [4.78, 5) is 2.22. The summed E-state index contributed by atoms with van der Waals surface area (Å²) in [5, 5.41) is 0.661. The van der Waals surface area contributed by atoms with Crippen LogP contribution in [-0.2, 0) is 21.6 Å². The first-order valence-corrected chi connectivity index (χ1v) is 12.6. The summed E-state index contributed by atoms with van der Waals surface area (Å²) in [5.41, 5.74) is 0.918. The summed E-state index contributed by atoms with van der Waals surface area (Å²) < 4.78 is 39.6. The molecule has 0 N–H and O–H groups in total. The molecule has 0 aliphatic carbocycles. The predicted molar refractivity (Wildman–Crippen MR) is 123 cm³/mol. The predicted octanol–water partition coefficient (Wildman–Crippen LogP) is 2.59. The fraction of sp³-hybridized carbons (Fsp3) is 0.550. The first-order chi connectivity index (χ1) is 14.7.